The second kappa shape index (κ2) is 8.72. The summed E-state index contributed by atoms with van der Waals surface area (Å²) >= 11 is 0. The first-order valence-corrected chi connectivity index (χ1v) is 11.7. The fourth-order valence-corrected chi connectivity index (χ4v) is 5.39. The van der Waals surface area contributed by atoms with Crippen LogP contribution in [0.5, 0.6) is 0 Å². The van der Waals surface area contributed by atoms with Crippen LogP contribution in [0.15, 0.2) is 65.7 Å². The van der Waals surface area contributed by atoms with E-state index in [4.69, 9.17) is 4.98 Å². The number of anilines is 1. The van der Waals surface area contributed by atoms with Crippen molar-refractivity contribution in [2.45, 2.75) is 23.7 Å². The number of benzene rings is 2. The summed E-state index contributed by atoms with van der Waals surface area (Å²) in [6, 6.07) is 14.9. The minimum Gasteiger partial charge on any atom is -0.347 e. The van der Waals surface area contributed by atoms with Crippen LogP contribution in [0.2, 0.25) is 0 Å². The lowest BCUT2D eigenvalue weighted by Gasteiger charge is -2.32. The zero-order valence-corrected chi connectivity index (χ0v) is 18.4. The molecule has 2 heterocycles. The average molecular weight is 441 g/mol. The van der Waals surface area contributed by atoms with Crippen molar-refractivity contribution in [3.63, 3.8) is 0 Å². The highest BCUT2D eigenvalue weighted by molar-refractivity contribution is 7.89. The molecular weight excluding hydrogens is 415 g/mol. The maximum Gasteiger partial charge on any atom is 0.243 e. The van der Waals surface area contributed by atoms with Gasteiger partial charge < -0.3 is 4.90 Å². The fourth-order valence-electron chi connectivity index (χ4n) is 3.90. The second-order valence-corrected chi connectivity index (χ2v) is 9.80. The number of hydrogen-bond donors (Lipinski definition) is 0. The van der Waals surface area contributed by atoms with Gasteiger partial charge in [-0.15, -0.1) is 0 Å². The number of rotatable bonds is 5. The predicted octanol–water partition coefficient (Wildman–Crippen LogP) is 3.92. The molecule has 0 saturated carbocycles. The first-order valence-electron chi connectivity index (χ1n) is 10.2. The van der Waals surface area contributed by atoms with E-state index < -0.39 is 10.0 Å². The van der Waals surface area contributed by atoms with E-state index in [2.05, 4.69) is 4.98 Å². The molecule has 1 aliphatic rings. The van der Waals surface area contributed by atoms with Crippen molar-refractivity contribution in [2.75, 3.05) is 32.1 Å². The third-order valence-corrected chi connectivity index (χ3v) is 7.48. The molecule has 8 heteroatoms. The van der Waals surface area contributed by atoms with Crippen molar-refractivity contribution in [2.24, 2.45) is 0 Å². The lowest BCUT2D eigenvalue weighted by atomic mass is 9.89. The Hall–Kier alpha value is -2.84. The molecule has 0 aliphatic carbocycles. The zero-order valence-electron chi connectivity index (χ0n) is 17.6. The quantitative estimate of drug-likeness (QED) is 0.602. The van der Waals surface area contributed by atoms with E-state index in [1.54, 1.807) is 42.6 Å². The number of aromatic nitrogens is 2. The van der Waals surface area contributed by atoms with Crippen LogP contribution in [0.1, 0.15) is 24.5 Å². The van der Waals surface area contributed by atoms with Crippen molar-refractivity contribution in [3.8, 4) is 11.1 Å². The van der Waals surface area contributed by atoms with E-state index >= 15 is 0 Å². The highest BCUT2D eigenvalue weighted by atomic mass is 32.2. The highest BCUT2D eigenvalue weighted by Gasteiger charge is 2.31. The topological polar surface area (TPSA) is 66.4 Å². The second-order valence-electron chi connectivity index (χ2n) is 7.87. The Labute approximate surface area is 182 Å². The molecule has 1 saturated heterocycles. The third-order valence-electron chi connectivity index (χ3n) is 5.56. The predicted molar refractivity (Wildman–Crippen MR) is 119 cm³/mol. The van der Waals surface area contributed by atoms with Crippen LogP contribution in [0.4, 0.5) is 10.3 Å². The molecule has 2 aromatic carbocycles. The standard InChI is InChI=1S/C23H25FN4O2S/c1-27(2)23-25-16-21(18-7-6-8-19(24)15-18)22(26-23)17-11-13-28(14-12-17)31(29,30)20-9-4-3-5-10-20/h3-10,15-17H,11-14H2,1-2H3. The van der Waals surface area contributed by atoms with E-state index in [0.29, 0.717) is 36.8 Å². The fraction of sp³-hybridized carbons (Fsp3) is 0.304. The smallest absolute Gasteiger partial charge is 0.243 e. The molecule has 0 bridgehead atoms. The van der Waals surface area contributed by atoms with E-state index in [1.807, 2.05) is 25.1 Å². The largest absolute Gasteiger partial charge is 0.347 e. The Morgan fingerprint density at radius 2 is 1.74 bits per heavy atom. The SMILES string of the molecule is CN(C)c1ncc(-c2cccc(F)c2)c(C2CCN(S(=O)(=O)c3ccccc3)CC2)n1. The number of halogens is 1. The lowest BCUT2D eigenvalue weighted by molar-refractivity contribution is 0.317. The Morgan fingerprint density at radius 1 is 1.03 bits per heavy atom. The summed E-state index contributed by atoms with van der Waals surface area (Å²) in [6.07, 6.45) is 3.01. The lowest BCUT2D eigenvalue weighted by Crippen LogP contribution is -2.38. The Morgan fingerprint density at radius 3 is 2.39 bits per heavy atom. The van der Waals surface area contributed by atoms with Gasteiger partial charge in [0.2, 0.25) is 16.0 Å². The van der Waals surface area contributed by atoms with Crippen LogP contribution in [-0.2, 0) is 10.0 Å². The van der Waals surface area contributed by atoms with Gasteiger partial charge in [-0.25, -0.2) is 22.8 Å². The molecule has 1 fully saturated rings. The van der Waals surface area contributed by atoms with Gasteiger partial charge in [0.1, 0.15) is 5.82 Å². The number of nitrogens with zero attached hydrogens (tertiary/aromatic N) is 4. The molecule has 0 N–H and O–H groups in total. The summed E-state index contributed by atoms with van der Waals surface area (Å²) in [6.45, 7) is 0.817. The van der Waals surface area contributed by atoms with Gasteiger partial charge in [-0.05, 0) is 42.7 Å². The van der Waals surface area contributed by atoms with E-state index in [-0.39, 0.29) is 11.7 Å². The van der Waals surface area contributed by atoms with Gasteiger partial charge in [-0.1, -0.05) is 30.3 Å². The number of sulfonamides is 1. The molecule has 0 unspecified atom stereocenters. The molecular formula is C23H25FN4O2S. The van der Waals surface area contributed by atoms with Crippen LogP contribution < -0.4 is 4.90 Å². The molecule has 162 valence electrons. The number of hydrogen-bond acceptors (Lipinski definition) is 5. The van der Waals surface area contributed by atoms with E-state index in [0.717, 1.165) is 16.8 Å². The van der Waals surface area contributed by atoms with E-state index in [9.17, 15) is 12.8 Å². The molecule has 1 aliphatic heterocycles. The average Bonchev–Trinajstić information content (AvgIpc) is 2.79. The van der Waals surface area contributed by atoms with E-state index in [1.165, 1.54) is 16.4 Å². The van der Waals surface area contributed by atoms with Crippen LogP contribution >= 0.6 is 0 Å². The van der Waals surface area contributed by atoms with Gasteiger partial charge >= 0.3 is 0 Å². The van der Waals surface area contributed by atoms with Gasteiger partial charge in [0.05, 0.1) is 10.6 Å². The molecule has 0 amide bonds. The summed E-state index contributed by atoms with van der Waals surface area (Å²) in [4.78, 5) is 11.3. The van der Waals surface area contributed by atoms with Gasteiger partial charge in [-0.3, -0.25) is 0 Å². The van der Waals surface area contributed by atoms with Crippen LogP contribution in [0, 0.1) is 5.82 Å². The van der Waals surface area contributed by atoms with Crippen molar-refractivity contribution >= 4 is 16.0 Å². The minimum absolute atomic E-state index is 0.0576. The molecule has 31 heavy (non-hydrogen) atoms. The molecule has 3 aromatic rings. The maximum absolute atomic E-state index is 13.9. The third kappa shape index (κ3) is 4.45. The van der Waals surface area contributed by atoms with Crippen molar-refractivity contribution < 1.29 is 12.8 Å². The van der Waals surface area contributed by atoms with Crippen LogP contribution in [0.3, 0.4) is 0 Å². The summed E-state index contributed by atoms with van der Waals surface area (Å²) in [5.74, 6) is 0.320. The molecule has 6 nitrogen and oxygen atoms in total. The summed E-state index contributed by atoms with van der Waals surface area (Å²) < 4.78 is 41.3. The highest BCUT2D eigenvalue weighted by Crippen LogP contribution is 2.36. The van der Waals surface area contributed by atoms with Crippen LogP contribution in [0.25, 0.3) is 11.1 Å². The molecule has 1 aromatic heterocycles. The van der Waals surface area contributed by atoms with Gasteiger partial charge in [-0.2, -0.15) is 4.31 Å². The molecule has 0 atom stereocenters. The summed E-state index contributed by atoms with van der Waals surface area (Å²) in [5.41, 5.74) is 2.34. The number of piperidine rings is 1. The summed E-state index contributed by atoms with van der Waals surface area (Å²) in [7, 11) is 0.228. The van der Waals surface area contributed by atoms with Crippen molar-refractivity contribution in [1.29, 1.82) is 0 Å². The maximum atomic E-state index is 13.9. The van der Waals surface area contributed by atoms with Gasteiger partial charge in [0, 0.05) is 44.9 Å². The monoisotopic (exact) mass is 440 g/mol. The molecule has 0 spiro atoms. The Kier molecular flexibility index (Phi) is 6.02. The van der Waals surface area contributed by atoms with Crippen LogP contribution in [-0.4, -0.2) is 49.9 Å². The van der Waals surface area contributed by atoms with Gasteiger partial charge in [0.25, 0.3) is 0 Å². The van der Waals surface area contributed by atoms with Crippen molar-refractivity contribution in [3.05, 3.63) is 72.3 Å². The Bertz CT molecular complexity index is 1160. The first kappa shape index (κ1) is 21.4. The molecule has 0 radical (unpaired) electrons. The normalized spacial score (nSPS) is 15.7. The zero-order chi connectivity index (χ0) is 22.0. The summed E-state index contributed by atoms with van der Waals surface area (Å²) in [5, 5.41) is 0. The minimum atomic E-state index is -3.51. The Balaban J connectivity index is 1.62. The molecule has 4 rings (SSSR count). The van der Waals surface area contributed by atoms with Gasteiger partial charge in [0.15, 0.2) is 0 Å². The first-order chi connectivity index (χ1) is 14.9. The van der Waals surface area contributed by atoms with Crippen molar-refractivity contribution in [1.82, 2.24) is 14.3 Å².